The molecule has 7 aromatic carbocycles. The molecule has 3 nitrogen and oxygen atoms in total. The summed E-state index contributed by atoms with van der Waals surface area (Å²) >= 11 is 0. The number of para-hydroxylation sites is 1. The Morgan fingerprint density at radius 3 is 1.38 bits per heavy atom. The summed E-state index contributed by atoms with van der Waals surface area (Å²) in [5, 5.41) is 0. The van der Waals surface area contributed by atoms with E-state index in [9.17, 15) is 0 Å². The van der Waals surface area contributed by atoms with Crippen molar-refractivity contribution in [2.45, 2.75) is 5.41 Å². The number of hydrogen-bond acceptors (Lipinski definition) is 3. The second kappa shape index (κ2) is 12.5. The van der Waals surface area contributed by atoms with Crippen LogP contribution in [0.1, 0.15) is 22.3 Å². The minimum atomic E-state index is -0.567. The lowest BCUT2D eigenvalue weighted by molar-refractivity contribution is 0.434. The Hall–Kier alpha value is -6.58. The van der Waals surface area contributed by atoms with Crippen molar-refractivity contribution in [3.8, 4) is 56.5 Å². The number of ether oxygens (including phenoxy) is 1. The second-order valence-corrected chi connectivity index (χ2v) is 12.6. The number of hydrogen-bond donors (Lipinski definition) is 0. The highest BCUT2D eigenvalue weighted by atomic mass is 16.5. The summed E-state index contributed by atoms with van der Waals surface area (Å²) in [6.45, 7) is 0. The number of aromatic nitrogens is 2. The maximum atomic E-state index is 6.62. The molecule has 0 saturated heterocycles. The molecule has 50 heavy (non-hydrogen) atoms. The topological polar surface area (TPSA) is 35.0 Å². The summed E-state index contributed by atoms with van der Waals surface area (Å²) in [5.74, 6) is 2.42. The molecule has 0 bridgehead atoms. The molecule has 0 amide bonds. The van der Waals surface area contributed by atoms with E-state index in [1.165, 1.54) is 11.1 Å². The van der Waals surface area contributed by atoms with Crippen LogP contribution in [0.5, 0.6) is 11.5 Å². The first-order valence-corrected chi connectivity index (χ1v) is 16.9. The average Bonchev–Trinajstić information content (AvgIpc) is 3.21. The van der Waals surface area contributed by atoms with Crippen molar-refractivity contribution in [3.05, 3.63) is 216 Å². The van der Waals surface area contributed by atoms with Crippen LogP contribution in [0.2, 0.25) is 0 Å². The van der Waals surface area contributed by atoms with E-state index in [4.69, 9.17) is 14.7 Å². The Labute approximate surface area is 292 Å². The van der Waals surface area contributed by atoms with Crippen molar-refractivity contribution in [2.75, 3.05) is 0 Å². The Balaban J connectivity index is 1.17. The van der Waals surface area contributed by atoms with Crippen LogP contribution in [-0.2, 0) is 5.41 Å². The first kappa shape index (κ1) is 29.6. The number of nitrogens with zero attached hydrogens (tertiary/aromatic N) is 2. The van der Waals surface area contributed by atoms with E-state index in [0.717, 1.165) is 61.8 Å². The van der Waals surface area contributed by atoms with Crippen LogP contribution in [0.15, 0.2) is 194 Å². The number of rotatable bonds is 6. The zero-order valence-electron chi connectivity index (χ0n) is 27.3. The van der Waals surface area contributed by atoms with Gasteiger partial charge in [-0.2, -0.15) is 0 Å². The lowest BCUT2D eigenvalue weighted by atomic mass is 9.63. The molecule has 0 unspecified atom stereocenters. The van der Waals surface area contributed by atoms with Gasteiger partial charge in [-0.3, -0.25) is 0 Å². The number of fused-ring (bicyclic) bond motifs is 2. The minimum Gasteiger partial charge on any atom is -0.457 e. The van der Waals surface area contributed by atoms with Gasteiger partial charge < -0.3 is 4.74 Å². The molecule has 0 saturated carbocycles. The monoisotopic (exact) mass is 640 g/mol. The summed E-state index contributed by atoms with van der Waals surface area (Å²) in [7, 11) is 0. The Kier molecular flexibility index (Phi) is 7.37. The molecule has 8 aromatic rings. The van der Waals surface area contributed by atoms with E-state index >= 15 is 0 Å². The zero-order chi connectivity index (χ0) is 33.3. The van der Waals surface area contributed by atoms with Gasteiger partial charge in [-0.05, 0) is 46.5 Å². The lowest BCUT2D eigenvalue weighted by Crippen LogP contribution is -2.34. The van der Waals surface area contributed by atoms with E-state index < -0.39 is 5.41 Å². The minimum absolute atomic E-state index is 0.567. The van der Waals surface area contributed by atoms with Crippen molar-refractivity contribution in [2.24, 2.45) is 0 Å². The van der Waals surface area contributed by atoms with Gasteiger partial charge in [0.25, 0.3) is 0 Å². The van der Waals surface area contributed by atoms with Crippen molar-refractivity contribution >= 4 is 0 Å². The van der Waals surface area contributed by atoms with Crippen molar-refractivity contribution in [1.82, 2.24) is 9.97 Å². The quantitative estimate of drug-likeness (QED) is 0.181. The van der Waals surface area contributed by atoms with Gasteiger partial charge in [0.2, 0.25) is 0 Å². The SMILES string of the molecule is c1ccc(-c2cc(-c3ccccc3)nc(-c3ccc(-c4ccc5c(c4)C(c4ccccc4)(c4ccccc4)c4ccccc4O5)cc3)n2)cc1. The molecule has 3 heteroatoms. The fourth-order valence-electron chi connectivity index (χ4n) is 7.29. The maximum Gasteiger partial charge on any atom is 0.160 e. The molecule has 2 heterocycles. The predicted molar refractivity (Wildman–Crippen MR) is 202 cm³/mol. The first-order valence-electron chi connectivity index (χ1n) is 16.9. The highest BCUT2D eigenvalue weighted by molar-refractivity contribution is 5.77. The maximum absolute atomic E-state index is 6.62. The fraction of sp³-hybridized carbons (Fsp3) is 0.0213. The van der Waals surface area contributed by atoms with Crippen LogP contribution in [-0.4, -0.2) is 9.97 Å². The third kappa shape index (κ3) is 5.08. The predicted octanol–water partition coefficient (Wildman–Crippen LogP) is 11.6. The smallest absolute Gasteiger partial charge is 0.160 e. The standard InChI is InChI=1S/C47H32N2O/c1-5-15-34(16-6-1)42-32-43(35-17-7-2-8-18-35)49-46(48-42)36-27-25-33(26-28-36)37-29-30-45-41(31-37)47(38-19-9-3-10-20-38,39-21-11-4-12-22-39)40-23-13-14-24-44(40)50-45/h1-32H. The third-order valence-electron chi connectivity index (χ3n) is 9.65. The summed E-state index contributed by atoms with van der Waals surface area (Å²) in [6, 6.07) is 67.8. The van der Waals surface area contributed by atoms with E-state index in [1.54, 1.807) is 0 Å². The highest BCUT2D eigenvalue weighted by Crippen LogP contribution is 2.55. The Bertz CT molecular complexity index is 2330. The Morgan fingerprint density at radius 2 is 0.800 bits per heavy atom. The molecule has 0 radical (unpaired) electrons. The average molecular weight is 641 g/mol. The third-order valence-corrected chi connectivity index (χ3v) is 9.65. The Morgan fingerprint density at radius 1 is 0.340 bits per heavy atom. The van der Waals surface area contributed by atoms with Gasteiger partial charge in [-0.1, -0.05) is 170 Å². The summed E-state index contributed by atoms with van der Waals surface area (Å²) in [4.78, 5) is 10.1. The summed E-state index contributed by atoms with van der Waals surface area (Å²) in [5.41, 5.74) is 11.1. The molecule has 1 aliphatic heterocycles. The van der Waals surface area contributed by atoms with Crippen molar-refractivity contribution in [3.63, 3.8) is 0 Å². The van der Waals surface area contributed by atoms with Crippen LogP contribution in [0.25, 0.3) is 45.0 Å². The molecule has 9 rings (SSSR count). The zero-order valence-corrected chi connectivity index (χ0v) is 27.3. The van der Waals surface area contributed by atoms with Crippen molar-refractivity contribution in [1.29, 1.82) is 0 Å². The van der Waals surface area contributed by atoms with Crippen molar-refractivity contribution < 1.29 is 4.74 Å². The molecule has 236 valence electrons. The van der Waals surface area contributed by atoms with Gasteiger partial charge in [0.05, 0.1) is 16.8 Å². The largest absolute Gasteiger partial charge is 0.457 e. The summed E-state index contributed by atoms with van der Waals surface area (Å²) < 4.78 is 6.62. The van der Waals surface area contributed by atoms with Crippen LogP contribution < -0.4 is 4.74 Å². The second-order valence-electron chi connectivity index (χ2n) is 12.6. The molecular weight excluding hydrogens is 609 g/mol. The summed E-state index contributed by atoms with van der Waals surface area (Å²) in [6.07, 6.45) is 0. The van der Waals surface area contributed by atoms with Gasteiger partial charge in [-0.15, -0.1) is 0 Å². The van der Waals surface area contributed by atoms with Crippen LogP contribution in [0.3, 0.4) is 0 Å². The molecule has 0 fully saturated rings. The van der Waals surface area contributed by atoms with Gasteiger partial charge in [-0.25, -0.2) is 9.97 Å². The lowest BCUT2D eigenvalue weighted by Gasteiger charge is -2.41. The molecule has 0 atom stereocenters. The van der Waals surface area contributed by atoms with Gasteiger partial charge >= 0.3 is 0 Å². The van der Waals surface area contributed by atoms with Gasteiger partial charge in [0, 0.05) is 27.8 Å². The highest BCUT2D eigenvalue weighted by Gasteiger charge is 2.45. The van der Waals surface area contributed by atoms with Gasteiger partial charge in [0.1, 0.15) is 11.5 Å². The molecule has 0 N–H and O–H groups in total. The molecule has 0 spiro atoms. The fourth-order valence-corrected chi connectivity index (χ4v) is 7.29. The van der Waals surface area contributed by atoms with Gasteiger partial charge in [0.15, 0.2) is 5.82 Å². The molecule has 0 aliphatic carbocycles. The first-order chi connectivity index (χ1) is 24.8. The van der Waals surface area contributed by atoms with Crippen LogP contribution >= 0.6 is 0 Å². The van der Waals surface area contributed by atoms with Crippen LogP contribution in [0.4, 0.5) is 0 Å². The van der Waals surface area contributed by atoms with E-state index in [-0.39, 0.29) is 0 Å². The van der Waals surface area contributed by atoms with Crippen LogP contribution in [0, 0.1) is 0 Å². The molecule has 1 aromatic heterocycles. The van der Waals surface area contributed by atoms with E-state index in [1.807, 2.05) is 42.5 Å². The normalized spacial score (nSPS) is 12.7. The van der Waals surface area contributed by atoms with E-state index in [2.05, 4.69) is 152 Å². The molecule has 1 aliphatic rings. The number of benzene rings is 7. The molecular formula is C47H32N2O. The van der Waals surface area contributed by atoms with E-state index in [0.29, 0.717) is 5.82 Å².